The van der Waals surface area contributed by atoms with Gasteiger partial charge in [-0.1, -0.05) is 30.3 Å². The number of carboxylic acid groups (broad SMARTS) is 2. The van der Waals surface area contributed by atoms with Crippen LogP contribution in [0.25, 0.3) is 11.3 Å². The highest BCUT2D eigenvalue weighted by Crippen LogP contribution is 2.26. The van der Waals surface area contributed by atoms with E-state index in [1.807, 2.05) is 43.4 Å². The summed E-state index contributed by atoms with van der Waals surface area (Å²) in [5.41, 5.74) is 2.39. The number of aliphatic carboxylic acids is 2. The zero-order chi connectivity index (χ0) is 22.9. The molecule has 9 nitrogen and oxygen atoms in total. The van der Waals surface area contributed by atoms with Gasteiger partial charge in [0.15, 0.2) is 0 Å². The molecule has 0 amide bonds. The lowest BCUT2D eigenvalue weighted by Gasteiger charge is -2.10. The van der Waals surface area contributed by atoms with E-state index in [1.165, 1.54) is 10.2 Å². The van der Waals surface area contributed by atoms with Crippen LogP contribution in [-0.2, 0) is 26.2 Å². The van der Waals surface area contributed by atoms with Crippen molar-refractivity contribution in [3.8, 4) is 11.3 Å². The minimum Gasteiger partial charge on any atom is -0.478 e. The maximum Gasteiger partial charge on any atom is 0.328 e. The topological polar surface area (TPSA) is 139 Å². The number of pyridine rings is 1. The fourth-order valence-corrected chi connectivity index (χ4v) is 3.93. The van der Waals surface area contributed by atoms with Crippen molar-refractivity contribution < 1.29 is 28.2 Å². The average Bonchev–Trinajstić information content (AvgIpc) is 3.19. The summed E-state index contributed by atoms with van der Waals surface area (Å²) in [5.74, 6) is -2.51. The van der Waals surface area contributed by atoms with Crippen molar-refractivity contribution in [2.45, 2.75) is 11.4 Å². The SMILES string of the molecule is CNCc1cc(-c2ccccc2)n(S(=O)(=O)c2cccnc2)c1.O=C(O)/C=C/C(=O)O. The number of nitrogens with zero attached hydrogens (tertiary/aromatic N) is 2. The summed E-state index contributed by atoms with van der Waals surface area (Å²) in [7, 11) is -1.86. The largest absolute Gasteiger partial charge is 0.478 e. The first kappa shape index (κ1) is 23.5. The molecule has 0 spiro atoms. The van der Waals surface area contributed by atoms with Crippen LogP contribution in [0.4, 0.5) is 0 Å². The highest BCUT2D eigenvalue weighted by Gasteiger charge is 2.21. The molecule has 0 unspecified atom stereocenters. The van der Waals surface area contributed by atoms with E-state index in [0.717, 1.165) is 11.1 Å². The smallest absolute Gasteiger partial charge is 0.328 e. The number of carboxylic acids is 2. The molecule has 1 aromatic carbocycles. The Hall–Kier alpha value is -3.76. The van der Waals surface area contributed by atoms with Gasteiger partial charge in [0.25, 0.3) is 10.0 Å². The first-order valence-electron chi connectivity index (χ1n) is 8.96. The predicted molar refractivity (Wildman–Crippen MR) is 114 cm³/mol. The summed E-state index contributed by atoms with van der Waals surface area (Å²) in [6.45, 7) is 0.593. The van der Waals surface area contributed by atoms with Crippen LogP contribution in [0.1, 0.15) is 5.56 Å². The van der Waals surface area contributed by atoms with Crippen LogP contribution in [0.15, 0.2) is 84.2 Å². The third-order valence-corrected chi connectivity index (χ3v) is 5.51. The Balaban J connectivity index is 0.000000366. The van der Waals surface area contributed by atoms with Gasteiger partial charge in [0.2, 0.25) is 0 Å². The van der Waals surface area contributed by atoms with Crippen molar-refractivity contribution in [2.24, 2.45) is 0 Å². The number of aromatic nitrogens is 2. The summed E-state index contributed by atoms with van der Waals surface area (Å²) in [6, 6.07) is 14.5. The Bertz CT molecular complexity index is 1140. The van der Waals surface area contributed by atoms with Crippen LogP contribution in [0, 0.1) is 0 Å². The first-order valence-corrected chi connectivity index (χ1v) is 10.4. The predicted octanol–water partition coefficient (Wildman–Crippen LogP) is 2.22. The van der Waals surface area contributed by atoms with E-state index < -0.39 is 22.0 Å². The molecule has 31 heavy (non-hydrogen) atoms. The Morgan fingerprint density at radius 1 is 1.06 bits per heavy atom. The van der Waals surface area contributed by atoms with Gasteiger partial charge in [0.05, 0.1) is 5.69 Å². The molecule has 0 aliphatic carbocycles. The average molecular weight is 443 g/mol. The third kappa shape index (κ3) is 6.63. The minimum atomic E-state index is -3.69. The number of rotatable bonds is 7. The second-order valence-electron chi connectivity index (χ2n) is 6.13. The van der Waals surface area contributed by atoms with Crippen LogP contribution in [0.5, 0.6) is 0 Å². The maximum atomic E-state index is 12.9. The Labute approximate surface area is 179 Å². The lowest BCUT2D eigenvalue weighted by Crippen LogP contribution is -2.13. The molecule has 2 heterocycles. The molecule has 162 valence electrons. The van der Waals surface area contributed by atoms with E-state index in [1.54, 1.807) is 24.5 Å². The van der Waals surface area contributed by atoms with Gasteiger partial charge < -0.3 is 15.5 Å². The van der Waals surface area contributed by atoms with Crippen molar-refractivity contribution in [3.05, 3.63) is 84.8 Å². The number of hydrogen-bond acceptors (Lipinski definition) is 6. The Kier molecular flexibility index (Phi) is 8.24. The van der Waals surface area contributed by atoms with Gasteiger partial charge in [-0.3, -0.25) is 4.98 Å². The summed E-state index contributed by atoms with van der Waals surface area (Å²) in [4.78, 5) is 23.2. The number of nitrogens with one attached hydrogen (secondary N) is 1. The molecule has 0 bridgehead atoms. The van der Waals surface area contributed by atoms with Gasteiger partial charge in [-0.05, 0) is 36.4 Å². The highest BCUT2D eigenvalue weighted by molar-refractivity contribution is 7.90. The summed E-state index contributed by atoms with van der Waals surface area (Å²) < 4.78 is 27.2. The normalized spacial score (nSPS) is 11.0. The Morgan fingerprint density at radius 3 is 2.23 bits per heavy atom. The summed E-state index contributed by atoms with van der Waals surface area (Å²) >= 11 is 0. The molecule has 3 aromatic rings. The zero-order valence-electron chi connectivity index (χ0n) is 16.5. The first-order chi connectivity index (χ1) is 14.8. The second kappa shape index (κ2) is 10.9. The Morgan fingerprint density at radius 2 is 1.71 bits per heavy atom. The molecule has 2 aromatic heterocycles. The summed E-state index contributed by atoms with van der Waals surface area (Å²) in [5, 5.41) is 18.7. The van der Waals surface area contributed by atoms with Gasteiger partial charge in [0.1, 0.15) is 4.90 Å². The third-order valence-electron chi connectivity index (χ3n) is 3.85. The lowest BCUT2D eigenvalue weighted by atomic mass is 10.1. The molecule has 0 radical (unpaired) electrons. The van der Waals surface area contributed by atoms with Gasteiger partial charge in [-0.25, -0.2) is 22.0 Å². The standard InChI is InChI=1S/C17H17N3O2S.C4H4O4/c1-18-11-14-10-17(15-6-3-2-4-7-15)20(13-14)23(21,22)16-8-5-9-19-12-16;5-3(6)1-2-4(7)8/h2-10,12-13,18H,11H2,1H3;1-2H,(H,5,6)(H,7,8)/b;2-1+. The van der Waals surface area contributed by atoms with Crippen LogP contribution in [0.3, 0.4) is 0 Å². The molecule has 0 atom stereocenters. The molecule has 3 N–H and O–H groups in total. The van der Waals surface area contributed by atoms with Crippen molar-refractivity contribution >= 4 is 22.0 Å². The van der Waals surface area contributed by atoms with Gasteiger partial charge in [0, 0.05) is 37.3 Å². The van der Waals surface area contributed by atoms with Gasteiger partial charge >= 0.3 is 11.9 Å². The molecule has 0 fully saturated rings. The quantitative estimate of drug-likeness (QED) is 0.473. The summed E-state index contributed by atoms with van der Waals surface area (Å²) in [6.07, 6.45) is 5.69. The van der Waals surface area contributed by atoms with E-state index in [0.29, 0.717) is 24.4 Å². The van der Waals surface area contributed by atoms with Crippen molar-refractivity contribution in [1.82, 2.24) is 14.3 Å². The van der Waals surface area contributed by atoms with E-state index in [2.05, 4.69) is 10.3 Å². The molecular formula is C21H21N3O6S. The van der Waals surface area contributed by atoms with Crippen LogP contribution in [-0.4, -0.2) is 46.6 Å². The fraction of sp³-hybridized carbons (Fsp3) is 0.0952. The van der Waals surface area contributed by atoms with Crippen molar-refractivity contribution in [1.29, 1.82) is 0 Å². The highest BCUT2D eigenvalue weighted by atomic mass is 32.2. The van der Waals surface area contributed by atoms with Crippen molar-refractivity contribution in [3.63, 3.8) is 0 Å². The molecular weight excluding hydrogens is 422 g/mol. The monoisotopic (exact) mass is 443 g/mol. The van der Waals surface area contributed by atoms with Crippen molar-refractivity contribution in [2.75, 3.05) is 7.05 Å². The van der Waals surface area contributed by atoms with E-state index in [9.17, 15) is 18.0 Å². The van der Waals surface area contributed by atoms with Crippen LogP contribution in [0.2, 0.25) is 0 Å². The molecule has 0 saturated heterocycles. The zero-order valence-corrected chi connectivity index (χ0v) is 17.4. The molecule has 0 aliphatic heterocycles. The van der Waals surface area contributed by atoms with E-state index in [4.69, 9.17) is 10.2 Å². The molecule has 0 saturated carbocycles. The number of carbonyl (C=O) groups is 2. The molecule has 10 heteroatoms. The second-order valence-corrected chi connectivity index (χ2v) is 7.94. The number of hydrogen-bond donors (Lipinski definition) is 3. The van der Waals surface area contributed by atoms with E-state index in [-0.39, 0.29) is 4.90 Å². The minimum absolute atomic E-state index is 0.170. The van der Waals surface area contributed by atoms with Gasteiger partial charge in [-0.15, -0.1) is 0 Å². The molecule has 0 aliphatic rings. The maximum absolute atomic E-state index is 12.9. The van der Waals surface area contributed by atoms with E-state index >= 15 is 0 Å². The van der Waals surface area contributed by atoms with Gasteiger partial charge in [-0.2, -0.15) is 0 Å². The van der Waals surface area contributed by atoms with Crippen LogP contribution < -0.4 is 5.32 Å². The number of benzene rings is 1. The fourth-order valence-electron chi connectivity index (χ4n) is 2.57. The lowest BCUT2D eigenvalue weighted by molar-refractivity contribution is -0.134. The molecule has 3 rings (SSSR count). The van der Waals surface area contributed by atoms with Crippen LogP contribution >= 0.6 is 0 Å².